The van der Waals surface area contributed by atoms with Crippen LogP contribution in [0.15, 0.2) is 23.7 Å². The summed E-state index contributed by atoms with van der Waals surface area (Å²) in [5.41, 5.74) is 1.57. The van der Waals surface area contributed by atoms with Crippen LogP contribution in [-0.2, 0) is 0 Å². The zero-order valence-corrected chi connectivity index (χ0v) is 18.4. The maximum absolute atomic E-state index is 13.0. The Morgan fingerprint density at radius 2 is 1.67 bits per heavy atom. The quantitative estimate of drug-likeness (QED) is 0.744. The van der Waals surface area contributed by atoms with Gasteiger partial charge >= 0.3 is 0 Å². The maximum Gasteiger partial charge on any atom is 0.273 e. The normalized spacial score (nSPS) is 21.3. The van der Waals surface area contributed by atoms with Crippen molar-refractivity contribution in [2.75, 3.05) is 44.2 Å². The second-order valence-corrected chi connectivity index (χ2v) is 9.62. The number of aromatic nitrogens is 2. The second-order valence-electron chi connectivity index (χ2n) is 8.76. The van der Waals surface area contributed by atoms with Gasteiger partial charge in [-0.25, -0.2) is 9.97 Å². The van der Waals surface area contributed by atoms with Crippen molar-refractivity contribution in [2.45, 2.75) is 51.0 Å². The van der Waals surface area contributed by atoms with Crippen LogP contribution in [0.5, 0.6) is 0 Å². The zero-order chi connectivity index (χ0) is 20.3. The monoisotopic (exact) mass is 425 g/mol. The predicted molar refractivity (Wildman–Crippen MR) is 121 cm³/mol. The average Bonchev–Trinajstić information content (AvgIpc) is 3.52. The summed E-state index contributed by atoms with van der Waals surface area (Å²) in [5.74, 6) is 1.12. The number of carbonyl (C=O) groups is 1. The van der Waals surface area contributed by atoms with Gasteiger partial charge in [-0.1, -0.05) is 6.42 Å². The second kappa shape index (κ2) is 9.02. The molecule has 3 aliphatic rings. The molecule has 7 heteroatoms. The molecular weight excluding hydrogens is 394 g/mol. The first-order valence-corrected chi connectivity index (χ1v) is 12.4. The van der Waals surface area contributed by atoms with Crippen LogP contribution in [0.1, 0.15) is 55.4 Å². The van der Waals surface area contributed by atoms with Crippen LogP contribution in [0.4, 0.5) is 5.82 Å². The van der Waals surface area contributed by atoms with Gasteiger partial charge < -0.3 is 14.7 Å². The highest BCUT2D eigenvalue weighted by Crippen LogP contribution is 2.27. The van der Waals surface area contributed by atoms with E-state index < -0.39 is 0 Å². The number of carbonyl (C=O) groups excluding carboxylic acids is 1. The first kappa shape index (κ1) is 19.9. The van der Waals surface area contributed by atoms with Crippen LogP contribution in [0.3, 0.4) is 0 Å². The first-order chi connectivity index (χ1) is 14.8. The fourth-order valence-corrected chi connectivity index (χ4v) is 5.81. The van der Waals surface area contributed by atoms with Gasteiger partial charge in [-0.15, -0.1) is 11.3 Å². The van der Waals surface area contributed by atoms with Crippen LogP contribution in [0.2, 0.25) is 0 Å². The highest BCUT2D eigenvalue weighted by molar-refractivity contribution is 7.13. The van der Waals surface area contributed by atoms with E-state index in [1.807, 2.05) is 16.5 Å². The molecular formula is C23H31N5OS. The lowest BCUT2D eigenvalue weighted by molar-refractivity contribution is 0.0585. The van der Waals surface area contributed by atoms with Crippen LogP contribution in [0, 0.1) is 0 Å². The molecule has 0 saturated carbocycles. The number of rotatable bonds is 4. The zero-order valence-electron chi connectivity index (χ0n) is 17.6. The van der Waals surface area contributed by atoms with E-state index in [9.17, 15) is 4.79 Å². The van der Waals surface area contributed by atoms with Gasteiger partial charge in [0.1, 0.15) is 16.5 Å². The molecule has 3 saturated heterocycles. The molecule has 1 amide bonds. The Hall–Kier alpha value is -1.99. The van der Waals surface area contributed by atoms with Crippen LogP contribution < -0.4 is 4.90 Å². The molecule has 160 valence electrons. The first-order valence-electron chi connectivity index (χ1n) is 11.5. The minimum absolute atomic E-state index is 0.0799. The molecule has 0 atom stereocenters. The number of anilines is 1. The molecule has 5 rings (SSSR count). The van der Waals surface area contributed by atoms with Crippen molar-refractivity contribution in [1.82, 2.24) is 19.8 Å². The van der Waals surface area contributed by atoms with Gasteiger partial charge in [0.05, 0.1) is 0 Å². The highest BCUT2D eigenvalue weighted by Gasteiger charge is 2.29. The van der Waals surface area contributed by atoms with E-state index in [2.05, 4.69) is 31.9 Å². The number of hydrogen-bond acceptors (Lipinski definition) is 6. The Morgan fingerprint density at radius 1 is 0.933 bits per heavy atom. The van der Waals surface area contributed by atoms with E-state index in [1.54, 1.807) is 0 Å². The average molecular weight is 426 g/mol. The summed E-state index contributed by atoms with van der Waals surface area (Å²) in [6.07, 6.45) is 10.6. The molecule has 0 radical (unpaired) electrons. The van der Waals surface area contributed by atoms with Crippen LogP contribution in [-0.4, -0.2) is 71.0 Å². The number of thiazole rings is 1. The van der Waals surface area contributed by atoms with Crippen molar-refractivity contribution in [2.24, 2.45) is 0 Å². The lowest BCUT2D eigenvalue weighted by atomic mass is 10.00. The van der Waals surface area contributed by atoms with E-state index in [4.69, 9.17) is 0 Å². The fraction of sp³-hybridized carbons (Fsp3) is 0.609. The number of likely N-dealkylation sites (tertiary alicyclic amines) is 2. The van der Waals surface area contributed by atoms with Gasteiger partial charge in [0.2, 0.25) is 0 Å². The van der Waals surface area contributed by atoms with Gasteiger partial charge in [0.25, 0.3) is 5.91 Å². The largest absolute Gasteiger partial charge is 0.357 e. The minimum atomic E-state index is 0.0799. The topological polar surface area (TPSA) is 52.6 Å². The third-order valence-electron chi connectivity index (χ3n) is 6.81. The van der Waals surface area contributed by atoms with Crippen LogP contribution in [0.25, 0.3) is 10.6 Å². The van der Waals surface area contributed by atoms with E-state index in [-0.39, 0.29) is 5.91 Å². The Labute approximate surface area is 182 Å². The molecule has 5 heterocycles. The smallest absolute Gasteiger partial charge is 0.273 e. The summed E-state index contributed by atoms with van der Waals surface area (Å²) < 4.78 is 0. The summed E-state index contributed by atoms with van der Waals surface area (Å²) >= 11 is 1.54. The molecule has 0 aromatic carbocycles. The molecule has 2 aromatic rings. The van der Waals surface area contributed by atoms with Gasteiger partial charge in [-0.2, -0.15) is 0 Å². The summed E-state index contributed by atoms with van der Waals surface area (Å²) in [7, 11) is 0. The highest BCUT2D eigenvalue weighted by atomic mass is 32.1. The number of hydrogen-bond donors (Lipinski definition) is 0. The van der Waals surface area contributed by atoms with Crippen molar-refractivity contribution >= 4 is 23.1 Å². The number of piperidine rings is 2. The molecule has 0 aliphatic carbocycles. The Morgan fingerprint density at radius 3 is 2.37 bits per heavy atom. The fourth-order valence-electron chi connectivity index (χ4n) is 5.03. The van der Waals surface area contributed by atoms with Crippen molar-refractivity contribution in [3.8, 4) is 10.6 Å². The van der Waals surface area contributed by atoms with Crippen LogP contribution >= 0.6 is 11.3 Å². The van der Waals surface area contributed by atoms with Crippen molar-refractivity contribution in [1.29, 1.82) is 0 Å². The molecule has 2 aromatic heterocycles. The molecule has 0 N–H and O–H groups in total. The van der Waals surface area contributed by atoms with E-state index in [0.717, 1.165) is 55.4 Å². The van der Waals surface area contributed by atoms with E-state index in [0.29, 0.717) is 11.7 Å². The van der Waals surface area contributed by atoms with E-state index in [1.165, 1.54) is 56.5 Å². The third kappa shape index (κ3) is 4.23. The summed E-state index contributed by atoms with van der Waals surface area (Å²) in [6.45, 7) is 6.35. The Bertz CT molecular complexity index is 847. The Kier molecular flexibility index (Phi) is 6.00. The van der Waals surface area contributed by atoms with Crippen molar-refractivity contribution in [3.05, 3.63) is 29.4 Å². The molecule has 0 unspecified atom stereocenters. The van der Waals surface area contributed by atoms with Crippen molar-refractivity contribution in [3.63, 3.8) is 0 Å². The van der Waals surface area contributed by atoms with Gasteiger partial charge in [-0.05, 0) is 63.7 Å². The SMILES string of the molecule is O=C(c1csc(-c2ccc(N3CCCC3)nc2)n1)N1CCC(N2CCCCC2)CC1. The molecule has 0 spiro atoms. The molecule has 3 aliphatic heterocycles. The summed E-state index contributed by atoms with van der Waals surface area (Å²) in [4.78, 5) is 29.2. The van der Waals surface area contributed by atoms with Gasteiger partial charge in [-0.3, -0.25) is 4.79 Å². The number of amides is 1. The Balaban J connectivity index is 1.19. The van der Waals surface area contributed by atoms with E-state index >= 15 is 0 Å². The minimum Gasteiger partial charge on any atom is -0.357 e. The third-order valence-corrected chi connectivity index (χ3v) is 7.70. The lowest BCUT2D eigenvalue weighted by Gasteiger charge is -2.40. The maximum atomic E-state index is 13.0. The number of nitrogens with zero attached hydrogens (tertiary/aromatic N) is 5. The molecule has 3 fully saturated rings. The lowest BCUT2D eigenvalue weighted by Crippen LogP contribution is -2.48. The standard InChI is InChI=1S/C23H31N5OS/c29-23(28-14-8-19(9-15-28)26-10-2-1-3-11-26)20-17-30-22(25-20)18-6-7-21(24-16-18)27-12-4-5-13-27/h6-7,16-17,19H,1-5,8-15H2. The summed E-state index contributed by atoms with van der Waals surface area (Å²) in [6, 6.07) is 4.81. The number of pyridine rings is 1. The summed E-state index contributed by atoms with van der Waals surface area (Å²) in [5, 5.41) is 2.78. The molecule has 0 bridgehead atoms. The van der Waals surface area contributed by atoms with Crippen molar-refractivity contribution < 1.29 is 4.79 Å². The molecule has 30 heavy (non-hydrogen) atoms. The van der Waals surface area contributed by atoms with Gasteiger partial charge in [0, 0.05) is 49.4 Å². The predicted octanol–water partition coefficient (Wildman–Crippen LogP) is 3.90. The van der Waals surface area contributed by atoms with Gasteiger partial charge in [0.15, 0.2) is 0 Å². The molecule has 6 nitrogen and oxygen atoms in total.